The Morgan fingerprint density at radius 3 is 2.75 bits per heavy atom. The SMILES string of the molecule is CCC(C)n1ccc(CN(CCC(N)=NO)C(C)C)n1. The Kier molecular flexibility index (Phi) is 6.51. The Hall–Kier alpha value is -1.56. The van der Waals surface area contributed by atoms with Crippen molar-refractivity contribution in [3.05, 3.63) is 18.0 Å². The van der Waals surface area contributed by atoms with Gasteiger partial charge < -0.3 is 10.9 Å². The van der Waals surface area contributed by atoms with E-state index in [0.717, 1.165) is 25.2 Å². The van der Waals surface area contributed by atoms with E-state index in [2.05, 4.69) is 48.9 Å². The van der Waals surface area contributed by atoms with E-state index in [9.17, 15) is 0 Å². The van der Waals surface area contributed by atoms with Crippen LogP contribution < -0.4 is 5.73 Å². The average molecular weight is 281 g/mol. The molecule has 114 valence electrons. The maximum Gasteiger partial charge on any atom is 0.140 e. The van der Waals surface area contributed by atoms with Crippen LogP contribution in [0.4, 0.5) is 0 Å². The molecule has 0 fully saturated rings. The van der Waals surface area contributed by atoms with Crippen LogP contribution in [-0.4, -0.2) is 38.3 Å². The second-order valence-electron chi connectivity index (χ2n) is 5.45. The zero-order valence-corrected chi connectivity index (χ0v) is 13.0. The highest BCUT2D eigenvalue weighted by Crippen LogP contribution is 2.12. The highest BCUT2D eigenvalue weighted by molar-refractivity contribution is 5.79. The molecule has 3 N–H and O–H groups in total. The maximum atomic E-state index is 8.60. The third kappa shape index (κ3) is 4.85. The van der Waals surface area contributed by atoms with Crippen LogP contribution in [0.5, 0.6) is 0 Å². The van der Waals surface area contributed by atoms with E-state index in [0.29, 0.717) is 18.5 Å². The van der Waals surface area contributed by atoms with Gasteiger partial charge in [0.1, 0.15) is 5.84 Å². The number of hydrogen-bond acceptors (Lipinski definition) is 4. The van der Waals surface area contributed by atoms with E-state index >= 15 is 0 Å². The van der Waals surface area contributed by atoms with Crippen LogP contribution in [-0.2, 0) is 6.54 Å². The van der Waals surface area contributed by atoms with Crippen molar-refractivity contribution < 1.29 is 5.21 Å². The van der Waals surface area contributed by atoms with Crippen LogP contribution in [0, 0.1) is 0 Å². The second kappa shape index (κ2) is 7.89. The first-order chi connectivity index (χ1) is 9.47. The number of amidine groups is 1. The molecule has 0 spiro atoms. The number of nitrogens with two attached hydrogens (primary N) is 1. The molecule has 1 atom stereocenters. The minimum absolute atomic E-state index is 0.265. The fraction of sp³-hybridized carbons (Fsp3) is 0.714. The summed E-state index contributed by atoms with van der Waals surface area (Å²) in [5.74, 6) is 0.265. The van der Waals surface area contributed by atoms with Gasteiger partial charge in [0.05, 0.1) is 5.69 Å². The predicted octanol–water partition coefficient (Wildman–Crippen LogP) is 2.20. The molecule has 20 heavy (non-hydrogen) atoms. The van der Waals surface area contributed by atoms with Crippen LogP contribution in [0.15, 0.2) is 17.4 Å². The van der Waals surface area contributed by atoms with Gasteiger partial charge >= 0.3 is 0 Å². The van der Waals surface area contributed by atoms with Crippen molar-refractivity contribution in [2.75, 3.05) is 6.54 Å². The summed E-state index contributed by atoms with van der Waals surface area (Å²) in [5.41, 5.74) is 6.58. The molecule has 0 amide bonds. The van der Waals surface area contributed by atoms with Crippen molar-refractivity contribution >= 4 is 5.84 Å². The topological polar surface area (TPSA) is 79.7 Å². The Labute approximate surface area is 121 Å². The minimum atomic E-state index is 0.265. The van der Waals surface area contributed by atoms with Crippen LogP contribution in [0.3, 0.4) is 0 Å². The van der Waals surface area contributed by atoms with Crippen LogP contribution >= 0.6 is 0 Å². The zero-order chi connectivity index (χ0) is 15.1. The standard InChI is InChI=1S/C14H27N5O/c1-5-12(4)19-9-6-13(16-19)10-18(11(2)3)8-7-14(15)17-20/h6,9,11-12,20H,5,7-8,10H2,1-4H3,(H2,15,17). The highest BCUT2D eigenvalue weighted by atomic mass is 16.4. The molecule has 1 aromatic heterocycles. The lowest BCUT2D eigenvalue weighted by molar-refractivity contribution is 0.214. The number of nitrogens with zero attached hydrogens (tertiary/aromatic N) is 4. The number of hydrogen-bond donors (Lipinski definition) is 2. The van der Waals surface area contributed by atoms with Gasteiger partial charge in [-0.05, 0) is 33.3 Å². The molecule has 0 aliphatic carbocycles. The van der Waals surface area contributed by atoms with Crippen LogP contribution in [0.2, 0.25) is 0 Å². The van der Waals surface area contributed by atoms with Crippen molar-refractivity contribution in [3.63, 3.8) is 0 Å². The molecule has 1 aromatic rings. The summed E-state index contributed by atoms with van der Waals surface area (Å²) < 4.78 is 2.01. The normalized spacial score (nSPS) is 14.2. The molecule has 0 aromatic carbocycles. The smallest absolute Gasteiger partial charge is 0.140 e. The van der Waals surface area contributed by atoms with Gasteiger partial charge in [0.2, 0.25) is 0 Å². The summed E-state index contributed by atoms with van der Waals surface area (Å²) in [7, 11) is 0. The molecule has 0 saturated heterocycles. The first-order valence-corrected chi connectivity index (χ1v) is 7.22. The molecule has 1 rings (SSSR count). The maximum absolute atomic E-state index is 8.60. The molecule has 0 aliphatic heterocycles. The lowest BCUT2D eigenvalue weighted by atomic mass is 10.2. The number of aromatic nitrogens is 2. The number of oxime groups is 1. The summed E-state index contributed by atoms with van der Waals surface area (Å²) in [4.78, 5) is 2.27. The average Bonchev–Trinajstić information content (AvgIpc) is 2.90. The van der Waals surface area contributed by atoms with Gasteiger partial charge in [0.25, 0.3) is 0 Å². The fourth-order valence-electron chi connectivity index (χ4n) is 1.93. The Morgan fingerprint density at radius 1 is 1.50 bits per heavy atom. The van der Waals surface area contributed by atoms with E-state index in [1.807, 2.05) is 10.9 Å². The summed E-state index contributed by atoms with van der Waals surface area (Å²) in [5, 5.41) is 16.2. The zero-order valence-electron chi connectivity index (χ0n) is 13.0. The van der Waals surface area contributed by atoms with E-state index < -0.39 is 0 Å². The lowest BCUT2D eigenvalue weighted by Crippen LogP contribution is -2.33. The highest BCUT2D eigenvalue weighted by Gasteiger charge is 2.13. The molecular formula is C14H27N5O. The lowest BCUT2D eigenvalue weighted by Gasteiger charge is -2.25. The molecular weight excluding hydrogens is 254 g/mol. The Bertz CT molecular complexity index is 427. The molecule has 0 aliphatic rings. The monoisotopic (exact) mass is 281 g/mol. The molecule has 0 radical (unpaired) electrons. The van der Waals surface area contributed by atoms with Crippen molar-refractivity contribution in [1.82, 2.24) is 14.7 Å². The summed E-state index contributed by atoms with van der Waals surface area (Å²) in [6.45, 7) is 10.1. The predicted molar refractivity (Wildman–Crippen MR) is 80.8 cm³/mol. The largest absolute Gasteiger partial charge is 0.409 e. The number of rotatable bonds is 8. The van der Waals surface area contributed by atoms with Crippen LogP contribution in [0.25, 0.3) is 0 Å². The summed E-state index contributed by atoms with van der Waals surface area (Å²) >= 11 is 0. The van der Waals surface area contributed by atoms with Gasteiger partial charge in [-0.15, -0.1) is 0 Å². The van der Waals surface area contributed by atoms with Gasteiger partial charge in [-0.2, -0.15) is 5.10 Å². The van der Waals surface area contributed by atoms with Crippen LogP contribution in [0.1, 0.15) is 52.3 Å². The first-order valence-electron chi connectivity index (χ1n) is 7.22. The van der Waals surface area contributed by atoms with Gasteiger partial charge in [-0.3, -0.25) is 9.58 Å². The Morgan fingerprint density at radius 2 is 2.20 bits per heavy atom. The van der Waals surface area contributed by atoms with E-state index in [4.69, 9.17) is 10.9 Å². The van der Waals surface area contributed by atoms with Crippen molar-refractivity contribution in [3.8, 4) is 0 Å². The Balaban J connectivity index is 2.63. The first kappa shape index (κ1) is 16.5. The third-order valence-electron chi connectivity index (χ3n) is 3.58. The summed E-state index contributed by atoms with van der Waals surface area (Å²) in [6.07, 6.45) is 3.66. The van der Waals surface area contributed by atoms with E-state index in [1.54, 1.807) is 0 Å². The van der Waals surface area contributed by atoms with E-state index in [-0.39, 0.29) is 5.84 Å². The third-order valence-corrected chi connectivity index (χ3v) is 3.58. The minimum Gasteiger partial charge on any atom is -0.409 e. The van der Waals surface area contributed by atoms with E-state index in [1.165, 1.54) is 0 Å². The quantitative estimate of drug-likeness (QED) is 0.331. The van der Waals surface area contributed by atoms with Crippen molar-refractivity contribution in [2.24, 2.45) is 10.9 Å². The molecule has 6 nitrogen and oxygen atoms in total. The summed E-state index contributed by atoms with van der Waals surface area (Å²) in [6, 6.07) is 2.87. The molecule has 6 heteroatoms. The fourth-order valence-corrected chi connectivity index (χ4v) is 1.93. The molecule has 1 unspecified atom stereocenters. The molecule has 0 saturated carbocycles. The molecule has 0 bridgehead atoms. The van der Waals surface area contributed by atoms with Gasteiger partial charge in [0, 0.05) is 37.8 Å². The van der Waals surface area contributed by atoms with Crippen molar-refractivity contribution in [1.29, 1.82) is 0 Å². The molecule has 1 heterocycles. The van der Waals surface area contributed by atoms with Gasteiger partial charge in [0.15, 0.2) is 0 Å². The van der Waals surface area contributed by atoms with Gasteiger partial charge in [-0.1, -0.05) is 12.1 Å². The van der Waals surface area contributed by atoms with Crippen molar-refractivity contribution in [2.45, 2.75) is 59.2 Å². The second-order valence-corrected chi connectivity index (χ2v) is 5.45. The van der Waals surface area contributed by atoms with Gasteiger partial charge in [-0.25, -0.2) is 0 Å².